The fraction of sp³-hybridized carbons (Fsp3) is 0.263. The van der Waals surface area contributed by atoms with Crippen LogP contribution in [0.4, 0.5) is 5.69 Å². The van der Waals surface area contributed by atoms with E-state index in [4.69, 9.17) is 4.74 Å². The van der Waals surface area contributed by atoms with Crippen molar-refractivity contribution in [1.29, 1.82) is 0 Å². The first kappa shape index (κ1) is 17.5. The molecule has 0 spiro atoms. The number of amides is 2. The second-order valence-corrected chi connectivity index (χ2v) is 5.74. The summed E-state index contributed by atoms with van der Waals surface area (Å²) in [5.41, 5.74) is 2.52. The van der Waals surface area contributed by atoms with Crippen molar-refractivity contribution in [2.75, 3.05) is 26.5 Å². The summed E-state index contributed by atoms with van der Waals surface area (Å²) >= 11 is 0. The molecule has 24 heavy (non-hydrogen) atoms. The van der Waals surface area contributed by atoms with Crippen molar-refractivity contribution in [2.45, 2.75) is 12.8 Å². The molecule has 0 fully saturated rings. The number of benzene rings is 2. The summed E-state index contributed by atoms with van der Waals surface area (Å²) in [5.74, 6) is 0.681. The van der Waals surface area contributed by atoms with Crippen molar-refractivity contribution in [3.05, 3.63) is 59.7 Å². The molecule has 5 heteroatoms. The largest absolute Gasteiger partial charge is 0.497 e. The fourth-order valence-electron chi connectivity index (χ4n) is 2.21. The van der Waals surface area contributed by atoms with Crippen molar-refractivity contribution >= 4 is 17.5 Å². The highest BCUT2D eigenvalue weighted by Crippen LogP contribution is 2.15. The molecule has 0 saturated heterocycles. The fourth-order valence-corrected chi connectivity index (χ4v) is 2.21. The van der Waals surface area contributed by atoms with E-state index in [1.54, 1.807) is 26.1 Å². The third-order valence-electron chi connectivity index (χ3n) is 3.59. The maximum atomic E-state index is 12.1. The van der Waals surface area contributed by atoms with Gasteiger partial charge in [-0.25, -0.2) is 0 Å². The van der Waals surface area contributed by atoms with Crippen molar-refractivity contribution in [3.63, 3.8) is 0 Å². The van der Waals surface area contributed by atoms with Crippen molar-refractivity contribution < 1.29 is 14.3 Å². The lowest BCUT2D eigenvalue weighted by atomic mass is 10.1. The molecule has 0 aliphatic carbocycles. The second kappa shape index (κ2) is 8.15. The number of carbonyl (C=O) groups excluding carboxylic acids is 2. The zero-order chi connectivity index (χ0) is 17.5. The summed E-state index contributed by atoms with van der Waals surface area (Å²) in [7, 11) is 5.06. The van der Waals surface area contributed by atoms with Crippen LogP contribution in [0.2, 0.25) is 0 Å². The smallest absolute Gasteiger partial charge is 0.228 e. The van der Waals surface area contributed by atoms with Gasteiger partial charge in [-0.2, -0.15) is 0 Å². The number of ether oxygens (including phenoxy) is 1. The number of hydrogen-bond acceptors (Lipinski definition) is 3. The van der Waals surface area contributed by atoms with Gasteiger partial charge in [0.05, 0.1) is 20.0 Å². The minimum absolute atomic E-state index is 0.0461. The summed E-state index contributed by atoms with van der Waals surface area (Å²) < 4.78 is 5.15. The first-order valence-corrected chi connectivity index (χ1v) is 7.70. The Morgan fingerprint density at radius 1 is 1.00 bits per heavy atom. The summed E-state index contributed by atoms with van der Waals surface area (Å²) in [6, 6.07) is 14.7. The van der Waals surface area contributed by atoms with Gasteiger partial charge in [0.2, 0.25) is 11.8 Å². The van der Waals surface area contributed by atoms with E-state index >= 15 is 0 Å². The Morgan fingerprint density at radius 2 is 1.71 bits per heavy atom. The monoisotopic (exact) mass is 326 g/mol. The number of anilines is 1. The molecule has 2 aromatic rings. The highest BCUT2D eigenvalue weighted by Gasteiger charge is 2.07. The van der Waals surface area contributed by atoms with Gasteiger partial charge in [-0.3, -0.25) is 9.59 Å². The van der Waals surface area contributed by atoms with Crippen LogP contribution >= 0.6 is 0 Å². The minimum Gasteiger partial charge on any atom is -0.497 e. The third-order valence-corrected chi connectivity index (χ3v) is 3.59. The number of nitrogens with zero attached hydrogens (tertiary/aromatic N) is 1. The summed E-state index contributed by atoms with van der Waals surface area (Å²) in [6.45, 7) is 0. The van der Waals surface area contributed by atoms with Crippen LogP contribution in [0, 0.1) is 0 Å². The Labute approximate surface area is 142 Å². The average Bonchev–Trinajstić information content (AvgIpc) is 2.56. The van der Waals surface area contributed by atoms with Gasteiger partial charge in [-0.15, -0.1) is 0 Å². The lowest BCUT2D eigenvalue weighted by molar-refractivity contribution is -0.128. The summed E-state index contributed by atoms with van der Waals surface area (Å²) in [5, 5.41) is 2.86. The first-order valence-electron chi connectivity index (χ1n) is 7.70. The highest BCUT2D eigenvalue weighted by molar-refractivity contribution is 5.92. The van der Waals surface area contributed by atoms with Crippen LogP contribution in [0.3, 0.4) is 0 Å². The van der Waals surface area contributed by atoms with Crippen molar-refractivity contribution in [3.8, 4) is 5.75 Å². The standard InChI is InChI=1S/C19H22N2O3/c1-21(2)19(23)13-14-7-9-16(10-8-14)20-18(22)12-15-5-4-6-17(11-15)24-3/h4-11H,12-13H2,1-3H3,(H,20,22). The molecule has 0 radical (unpaired) electrons. The summed E-state index contributed by atoms with van der Waals surface area (Å²) in [6.07, 6.45) is 0.628. The molecule has 0 aliphatic rings. The topological polar surface area (TPSA) is 58.6 Å². The molecule has 0 saturated carbocycles. The maximum Gasteiger partial charge on any atom is 0.228 e. The first-order chi connectivity index (χ1) is 11.5. The zero-order valence-electron chi connectivity index (χ0n) is 14.2. The Morgan fingerprint density at radius 3 is 2.33 bits per heavy atom. The second-order valence-electron chi connectivity index (χ2n) is 5.74. The van der Waals surface area contributed by atoms with Gasteiger partial charge < -0.3 is 15.0 Å². The number of carbonyl (C=O) groups is 2. The molecule has 5 nitrogen and oxygen atoms in total. The maximum absolute atomic E-state index is 12.1. The van der Waals surface area contributed by atoms with Crippen LogP contribution in [0.5, 0.6) is 5.75 Å². The third kappa shape index (κ3) is 5.12. The van der Waals surface area contributed by atoms with Crippen LogP contribution in [0.15, 0.2) is 48.5 Å². The lowest BCUT2D eigenvalue weighted by Gasteiger charge is -2.11. The van der Waals surface area contributed by atoms with Crippen LogP contribution in [-0.2, 0) is 22.4 Å². The van der Waals surface area contributed by atoms with Crippen molar-refractivity contribution in [1.82, 2.24) is 4.90 Å². The van der Waals surface area contributed by atoms with Crippen LogP contribution < -0.4 is 10.1 Å². The van der Waals surface area contributed by atoms with Crippen LogP contribution in [0.25, 0.3) is 0 Å². The SMILES string of the molecule is COc1cccc(CC(=O)Nc2ccc(CC(=O)N(C)C)cc2)c1. The predicted octanol–water partition coefficient (Wildman–Crippen LogP) is 2.51. The van der Waals surface area contributed by atoms with Gasteiger partial charge in [0.25, 0.3) is 0 Å². The van der Waals surface area contributed by atoms with Crippen LogP contribution in [0.1, 0.15) is 11.1 Å². The number of hydrogen-bond donors (Lipinski definition) is 1. The molecule has 2 aromatic carbocycles. The summed E-state index contributed by atoms with van der Waals surface area (Å²) in [4.78, 5) is 25.4. The molecule has 0 bridgehead atoms. The van der Waals surface area contributed by atoms with E-state index in [1.807, 2.05) is 48.5 Å². The Hall–Kier alpha value is -2.82. The van der Waals surface area contributed by atoms with Gasteiger partial charge >= 0.3 is 0 Å². The van der Waals surface area contributed by atoms with E-state index in [0.29, 0.717) is 12.1 Å². The molecule has 2 amide bonds. The van der Waals surface area contributed by atoms with E-state index in [1.165, 1.54) is 0 Å². The van der Waals surface area contributed by atoms with E-state index in [9.17, 15) is 9.59 Å². The van der Waals surface area contributed by atoms with Gasteiger partial charge in [0.1, 0.15) is 5.75 Å². The predicted molar refractivity (Wildman–Crippen MR) is 94.2 cm³/mol. The van der Waals surface area contributed by atoms with Gasteiger partial charge in [-0.1, -0.05) is 24.3 Å². The Kier molecular flexibility index (Phi) is 5.95. The van der Waals surface area contributed by atoms with E-state index in [2.05, 4.69) is 5.32 Å². The van der Waals surface area contributed by atoms with Gasteiger partial charge in [-0.05, 0) is 35.4 Å². The number of methoxy groups -OCH3 is 1. The molecular formula is C19H22N2O3. The average molecular weight is 326 g/mol. The highest BCUT2D eigenvalue weighted by atomic mass is 16.5. The molecule has 0 unspecified atom stereocenters. The van der Waals surface area contributed by atoms with E-state index in [-0.39, 0.29) is 18.2 Å². The van der Waals surface area contributed by atoms with Crippen molar-refractivity contribution in [2.24, 2.45) is 0 Å². The Balaban J connectivity index is 1.93. The van der Waals surface area contributed by atoms with Crippen LogP contribution in [-0.4, -0.2) is 37.9 Å². The number of nitrogens with one attached hydrogen (secondary N) is 1. The molecule has 1 N–H and O–H groups in total. The molecule has 126 valence electrons. The van der Waals surface area contributed by atoms with Gasteiger partial charge in [0, 0.05) is 19.8 Å². The Bertz CT molecular complexity index is 709. The minimum atomic E-state index is -0.0969. The zero-order valence-corrected chi connectivity index (χ0v) is 14.2. The number of likely N-dealkylation sites (N-methyl/N-ethyl adjacent to an activating group) is 1. The lowest BCUT2D eigenvalue weighted by Crippen LogP contribution is -2.23. The van der Waals surface area contributed by atoms with E-state index in [0.717, 1.165) is 16.9 Å². The quantitative estimate of drug-likeness (QED) is 0.887. The molecule has 0 aliphatic heterocycles. The molecule has 0 heterocycles. The van der Waals surface area contributed by atoms with Gasteiger partial charge in [0.15, 0.2) is 0 Å². The molecular weight excluding hydrogens is 304 g/mol. The number of rotatable bonds is 6. The normalized spacial score (nSPS) is 10.1. The van der Waals surface area contributed by atoms with E-state index < -0.39 is 0 Å². The molecule has 0 atom stereocenters. The molecule has 0 aromatic heterocycles. The molecule has 2 rings (SSSR count).